The summed E-state index contributed by atoms with van der Waals surface area (Å²) in [6, 6.07) is 9.82. The Morgan fingerprint density at radius 2 is 2.10 bits per heavy atom. The van der Waals surface area contributed by atoms with Crippen molar-refractivity contribution < 1.29 is 14.6 Å². The van der Waals surface area contributed by atoms with Gasteiger partial charge in [0.25, 0.3) is 0 Å². The first-order valence-electron chi connectivity index (χ1n) is 7.00. The molecule has 5 heteroatoms. The molecule has 0 spiro atoms. The molecule has 1 N–H and O–H groups in total. The maximum absolute atomic E-state index is 12.1. The molecular formula is C15H20BNO3. The molecule has 0 fully saturated rings. The lowest BCUT2D eigenvalue weighted by atomic mass is 9.80. The van der Waals surface area contributed by atoms with Crippen molar-refractivity contribution in [2.24, 2.45) is 0 Å². The number of hydrogen-bond acceptors (Lipinski definition) is 4. The van der Waals surface area contributed by atoms with Crippen molar-refractivity contribution in [1.29, 1.82) is 0 Å². The van der Waals surface area contributed by atoms with Crippen LogP contribution in [0.4, 0.5) is 0 Å². The van der Waals surface area contributed by atoms with E-state index in [1.807, 2.05) is 42.1 Å². The number of hydrogen-bond donors (Lipinski definition) is 1. The number of ether oxygens (including phenoxy) is 1. The van der Waals surface area contributed by atoms with Gasteiger partial charge in [-0.1, -0.05) is 30.3 Å². The minimum atomic E-state index is -0.516. The SMILES string of the molecule is CCOC(=O)C1=C(c2ccccc2)CN(B(C)O)CC1. The fourth-order valence-electron chi connectivity index (χ4n) is 2.45. The molecule has 1 aromatic carbocycles. The van der Waals surface area contributed by atoms with E-state index in [4.69, 9.17) is 4.74 Å². The zero-order valence-corrected chi connectivity index (χ0v) is 12.0. The van der Waals surface area contributed by atoms with Gasteiger partial charge in [0.05, 0.1) is 6.61 Å². The van der Waals surface area contributed by atoms with Gasteiger partial charge in [-0.05, 0) is 37.8 Å². The smallest absolute Gasteiger partial charge is 0.376 e. The summed E-state index contributed by atoms with van der Waals surface area (Å²) in [5.74, 6) is -0.239. The zero-order valence-electron chi connectivity index (χ0n) is 12.0. The Hall–Kier alpha value is -1.59. The molecule has 20 heavy (non-hydrogen) atoms. The molecular weight excluding hydrogens is 253 g/mol. The van der Waals surface area contributed by atoms with Crippen LogP contribution < -0.4 is 0 Å². The van der Waals surface area contributed by atoms with Crippen molar-refractivity contribution in [3.05, 3.63) is 41.5 Å². The molecule has 0 saturated heterocycles. The van der Waals surface area contributed by atoms with E-state index >= 15 is 0 Å². The van der Waals surface area contributed by atoms with E-state index < -0.39 is 7.05 Å². The lowest BCUT2D eigenvalue weighted by molar-refractivity contribution is -0.138. The van der Waals surface area contributed by atoms with Gasteiger partial charge in [-0.25, -0.2) is 4.79 Å². The van der Waals surface area contributed by atoms with Crippen LogP contribution in [0.1, 0.15) is 18.9 Å². The van der Waals surface area contributed by atoms with Crippen LogP contribution in [0.5, 0.6) is 0 Å². The number of carbonyl (C=O) groups excluding carboxylic acids is 1. The molecule has 106 valence electrons. The van der Waals surface area contributed by atoms with E-state index in [2.05, 4.69) is 0 Å². The largest absolute Gasteiger partial charge is 0.463 e. The second-order valence-corrected chi connectivity index (χ2v) is 4.90. The van der Waals surface area contributed by atoms with Gasteiger partial charge >= 0.3 is 13.0 Å². The van der Waals surface area contributed by atoms with E-state index in [0.717, 1.165) is 16.7 Å². The molecule has 2 rings (SSSR count). The van der Waals surface area contributed by atoms with Crippen LogP contribution in [-0.4, -0.2) is 42.6 Å². The van der Waals surface area contributed by atoms with E-state index in [1.54, 1.807) is 6.82 Å². The van der Waals surface area contributed by atoms with Gasteiger partial charge in [-0.2, -0.15) is 0 Å². The molecule has 0 atom stereocenters. The van der Waals surface area contributed by atoms with Crippen LogP contribution in [-0.2, 0) is 9.53 Å². The fourth-order valence-corrected chi connectivity index (χ4v) is 2.45. The van der Waals surface area contributed by atoms with Crippen LogP contribution in [0.2, 0.25) is 6.82 Å². The summed E-state index contributed by atoms with van der Waals surface area (Å²) in [7, 11) is -0.516. The third-order valence-corrected chi connectivity index (χ3v) is 3.55. The average molecular weight is 273 g/mol. The Kier molecular flexibility index (Phi) is 4.98. The van der Waals surface area contributed by atoms with Crippen LogP contribution >= 0.6 is 0 Å². The van der Waals surface area contributed by atoms with Gasteiger partial charge < -0.3 is 14.6 Å². The summed E-state index contributed by atoms with van der Waals surface area (Å²) in [6.07, 6.45) is 0.605. The van der Waals surface area contributed by atoms with Crippen molar-refractivity contribution in [2.75, 3.05) is 19.7 Å². The highest BCUT2D eigenvalue weighted by Gasteiger charge is 2.28. The molecule has 0 bridgehead atoms. The molecule has 1 aliphatic rings. The van der Waals surface area contributed by atoms with Crippen molar-refractivity contribution >= 4 is 18.6 Å². The van der Waals surface area contributed by atoms with E-state index in [9.17, 15) is 9.82 Å². The Bertz CT molecular complexity index is 499. The molecule has 4 nitrogen and oxygen atoms in total. The van der Waals surface area contributed by atoms with Gasteiger partial charge in [0.15, 0.2) is 0 Å². The Morgan fingerprint density at radius 1 is 1.40 bits per heavy atom. The molecule has 0 saturated carbocycles. The van der Waals surface area contributed by atoms with Gasteiger partial charge in [0, 0.05) is 12.1 Å². The lowest BCUT2D eigenvalue weighted by Gasteiger charge is -2.31. The summed E-state index contributed by atoms with van der Waals surface area (Å²) in [6.45, 7) is 5.17. The zero-order chi connectivity index (χ0) is 14.5. The summed E-state index contributed by atoms with van der Waals surface area (Å²) >= 11 is 0. The molecule has 1 aromatic rings. The lowest BCUT2D eigenvalue weighted by Crippen LogP contribution is -2.42. The van der Waals surface area contributed by atoms with Gasteiger partial charge in [0.2, 0.25) is 0 Å². The number of esters is 1. The van der Waals surface area contributed by atoms with Crippen LogP contribution in [0, 0.1) is 0 Å². The maximum atomic E-state index is 12.1. The fraction of sp³-hybridized carbons (Fsp3) is 0.400. The minimum Gasteiger partial charge on any atom is -0.463 e. The van der Waals surface area contributed by atoms with Crippen LogP contribution in [0.3, 0.4) is 0 Å². The predicted octanol–water partition coefficient (Wildman–Crippen LogP) is 1.82. The quantitative estimate of drug-likeness (QED) is 0.671. The molecule has 0 radical (unpaired) electrons. The van der Waals surface area contributed by atoms with Crippen molar-refractivity contribution in [3.8, 4) is 0 Å². The first-order valence-corrected chi connectivity index (χ1v) is 7.00. The maximum Gasteiger partial charge on any atom is 0.376 e. The van der Waals surface area contributed by atoms with Crippen molar-refractivity contribution in [1.82, 2.24) is 4.81 Å². The Labute approximate surface area is 120 Å². The molecule has 1 aliphatic heterocycles. The van der Waals surface area contributed by atoms with Gasteiger partial charge in [0.1, 0.15) is 0 Å². The average Bonchev–Trinajstić information content (AvgIpc) is 2.47. The number of rotatable bonds is 4. The Balaban J connectivity index is 2.37. The van der Waals surface area contributed by atoms with Gasteiger partial charge in [-0.3, -0.25) is 0 Å². The van der Waals surface area contributed by atoms with E-state index in [0.29, 0.717) is 26.1 Å². The first-order chi connectivity index (χ1) is 9.63. The van der Waals surface area contributed by atoms with Crippen molar-refractivity contribution in [2.45, 2.75) is 20.2 Å². The minimum absolute atomic E-state index is 0.239. The summed E-state index contributed by atoms with van der Waals surface area (Å²) in [5.41, 5.74) is 2.70. The molecule has 0 aliphatic carbocycles. The molecule has 0 unspecified atom stereocenters. The number of carbonyl (C=O) groups is 1. The topological polar surface area (TPSA) is 49.8 Å². The van der Waals surface area contributed by atoms with E-state index in [1.165, 1.54) is 0 Å². The summed E-state index contributed by atoms with van der Waals surface area (Å²) < 4.78 is 5.15. The van der Waals surface area contributed by atoms with Gasteiger partial charge in [-0.15, -0.1) is 0 Å². The number of benzene rings is 1. The van der Waals surface area contributed by atoms with Crippen LogP contribution in [0.25, 0.3) is 5.57 Å². The highest BCUT2D eigenvalue weighted by Crippen LogP contribution is 2.27. The summed E-state index contributed by atoms with van der Waals surface area (Å²) in [4.78, 5) is 14.0. The third-order valence-electron chi connectivity index (χ3n) is 3.55. The monoisotopic (exact) mass is 273 g/mol. The Morgan fingerprint density at radius 3 is 2.70 bits per heavy atom. The highest BCUT2D eigenvalue weighted by atomic mass is 16.5. The first kappa shape index (κ1) is 14.8. The highest BCUT2D eigenvalue weighted by molar-refractivity contribution is 6.45. The van der Waals surface area contributed by atoms with Crippen molar-refractivity contribution in [3.63, 3.8) is 0 Å². The molecule has 0 amide bonds. The predicted molar refractivity (Wildman–Crippen MR) is 80.0 cm³/mol. The normalized spacial score (nSPS) is 16.1. The number of nitrogens with zero attached hydrogens (tertiary/aromatic N) is 1. The third kappa shape index (κ3) is 3.29. The second kappa shape index (κ2) is 6.73. The molecule has 1 heterocycles. The standard InChI is InChI=1S/C15H20BNO3/c1-3-20-15(18)13-9-10-17(16(2)19)11-14(13)12-7-5-4-6-8-12/h4-8,19H,3,9-11H2,1-2H3. The second-order valence-electron chi connectivity index (χ2n) is 4.90. The molecule has 0 aromatic heterocycles. The van der Waals surface area contributed by atoms with Crippen LogP contribution in [0.15, 0.2) is 35.9 Å². The van der Waals surface area contributed by atoms with E-state index in [-0.39, 0.29) is 5.97 Å². The summed E-state index contributed by atoms with van der Waals surface area (Å²) in [5, 5.41) is 9.76.